The lowest BCUT2D eigenvalue weighted by molar-refractivity contribution is -0.189. The molecule has 1 aliphatic carbocycles. The molecule has 248 valence electrons. The highest BCUT2D eigenvalue weighted by molar-refractivity contribution is 5.67. The fraction of sp³-hybridized carbons (Fsp3) is 0.278. The third kappa shape index (κ3) is 7.44. The number of benzene rings is 4. The third-order valence-electron chi connectivity index (χ3n) is 8.43. The van der Waals surface area contributed by atoms with Crippen LogP contribution in [0.1, 0.15) is 55.6 Å². The maximum atomic E-state index is 15.2. The van der Waals surface area contributed by atoms with Gasteiger partial charge < -0.3 is 9.47 Å². The minimum absolute atomic E-state index is 0.133. The Bertz CT molecular complexity index is 1720. The van der Waals surface area contributed by atoms with Gasteiger partial charge in [0.15, 0.2) is 17.4 Å². The second-order valence-electron chi connectivity index (χ2n) is 11.4. The lowest BCUT2D eigenvalue weighted by Gasteiger charge is -2.28. The van der Waals surface area contributed by atoms with E-state index in [0.717, 1.165) is 56.2 Å². The Morgan fingerprint density at radius 2 is 1.26 bits per heavy atom. The predicted octanol–water partition coefficient (Wildman–Crippen LogP) is 11.5. The van der Waals surface area contributed by atoms with Crippen LogP contribution in [0.2, 0.25) is 0 Å². The van der Waals surface area contributed by atoms with Crippen molar-refractivity contribution in [3.8, 4) is 33.8 Å². The standard InChI is InChI=1S/C36H29F9O2/c1-2-3-4-20-5-7-21(8-6-20)22-9-11-26(28(38)13-22)23-14-30(40)34(31(41)15-23)36(44,45)47-25-10-12-27(29(39)18-25)24-16-32(42)35(46-19-37)33(43)17-24/h2,9-18,20-21H,1,3-8,19H2. The highest BCUT2D eigenvalue weighted by atomic mass is 19.3. The molecule has 0 saturated heterocycles. The lowest BCUT2D eigenvalue weighted by atomic mass is 9.77. The molecule has 0 N–H and O–H groups in total. The topological polar surface area (TPSA) is 18.5 Å². The van der Waals surface area contributed by atoms with Crippen molar-refractivity contribution in [2.75, 3.05) is 6.86 Å². The second-order valence-corrected chi connectivity index (χ2v) is 11.4. The van der Waals surface area contributed by atoms with Crippen molar-refractivity contribution in [3.05, 3.63) is 119 Å². The largest absolute Gasteiger partial charge is 0.457 e. The summed E-state index contributed by atoms with van der Waals surface area (Å²) in [4.78, 5) is 0. The fourth-order valence-corrected chi connectivity index (χ4v) is 6.06. The number of ether oxygens (including phenoxy) is 2. The molecule has 0 aromatic heterocycles. The number of hydrogen-bond donors (Lipinski definition) is 0. The first-order valence-corrected chi connectivity index (χ1v) is 14.9. The van der Waals surface area contributed by atoms with Crippen LogP contribution in [0.25, 0.3) is 22.3 Å². The van der Waals surface area contributed by atoms with Gasteiger partial charge in [-0.15, -0.1) is 6.58 Å². The van der Waals surface area contributed by atoms with Crippen LogP contribution in [0.5, 0.6) is 11.5 Å². The molecule has 0 aliphatic heterocycles. The third-order valence-corrected chi connectivity index (χ3v) is 8.43. The van der Waals surface area contributed by atoms with E-state index >= 15 is 22.0 Å². The molecular weight excluding hydrogens is 635 g/mol. The molecular formula is C36H29F9O2. The van der Waals surface area contributed by atoms with Crippen molar-refractivity contribution in [2.45, 2.75) is 50.6 Å². The van der Waals surface area contributed by atoms with Crippen molar-refractivity contribution < 1.29 is 49.0 Å². The average molecular weight is 665 g/mol. The molecule has 0 amide bonds. The summed E-state index contributed by atoms with van der Waals surface area (Å²) >= 11 is 0. The smallest absolute Gasteiger partial charge is 0.432 e. The van der Waals surface area contributed by atoms with E-state index in [9.17, 15) is 17.6 Å². The molecule has 1 aliphatic rings. The highest BCUT2D eigenvalue weighted by Crippen LogP contribution is 2.41. The van der Waals surface area contributed by atoms with Crippen LogP contribution in [-0.2, 0) is 6.11 Å². The van der Waals surface area contributed by atoms with E-state index in [1.54, 1.807) is 6.07 Å². The van der Waals surface area contributed by atoms with Gasteiger partial charge in [-0.1, -0.05) is 18.2 Å². The lowest BCUT2D eigenvalue weighted by Crippen LogP contribution is -2.25. The molecule has 2 nitrogen and oxygen atoms in total. The molecule has 5 rings (SSSR count). The first-order valence-electron chi connectivity index (χ1n) is 14.9. The summed E-state index contributed by atoms with van der Waals surface area (Å²) in [6, 6.07) is 8.80. The highest BCUT2D eigenvalue weighted by Gasteiger charge is 2.41. The minimum Gasteiger partial charge on any atom is -0.457 e. The summed E-state index contributed by atoms with van der Waals surface area (Å²) in [6.07, 6.45) is 2.99. The van der Waals surface area contributed by atoms with Crippen LogP contribution < -0.4 is 9.47 Å². The number of rotatable bonds is 11. The van der Waals surface area contributed by atoms with Gasteiger partial charge >= 0.3 is 6.11 Å². The van der Waals surface area contributed by atoms with Gasteiger partial charge in [0.2, 0.25) is 6.86 Å². The molecule has 47 heavy (non-hydrogen) atoms. The fourth-order valence-electron chi connectivity index (χ4n) is 6.06. The summed E-state index contributed by atoms with van der Waals surface area (Å²) in [5.74, 6) is -9.35. The molecule has 0 spiro atoms. The quantitative estimate of drug-likeness (QED) is 0.117. The van der Waals surface area contributed by atoms with Crippen LogP contribution in [0.3, 0.4) is 0 Å². The maximum absolute atomic E-state index is 15.2. The van der Waals surface area contributed by atoms with Gasteiger partial charge in [0.25, 0.3) is 0 Å². The van der Waals surface area contributed by atoms with Gasteiger partial charge in [0.1, 0.15) is 34.6 Å². The van der Waals surface area contributed by atoms with Gasteiger partial charge in [0, 0.05) is 17.2 Å². The van der Waals surface area contributed by atoms with Crippen LogP contribution in [0, 0.1) is 40.8 Å². The van der Waals surface area contributed by atoms with Gasteiger partial charge in [-0.05, 0) is 110 Å². The van der Waals surface area contributed by atoms with Crippen molar-refractivity contribution in [3.63, 3.8) is 0 Å². The zero-order valence-electron chi connectivity index (χ0n) is 24.9. The first-order chi connectivity index (χ1) is 22.4. The summed E-state index contributed by atoms with van der Waals surface area (Å²) in [7, 11) is 0. The zero-order valence-corrected chi connectivity index (χ0v) is 24.9. The molecule has 4 aromatic rings. The molecule has 0 atom stereocenters. The van der Waals surface area contributed by atoms with E-state index in [1.165, 1.54) is 12.1 Å². The monoisotopic (exact) mass is 664 g/mol. The molecule has 1 fully saturated rings. The van der Waals surface area contributed by atoms with Crippen molar-refractivity contribution in [2.24, 2.45) is 5.92 Å². The van der Waals surface area contributed by atoms with Crippen LogP contribution in [0.15, 0.2) is 73.3 Å². The normalized spacial score (nSPS) is 16.6. The Hall–Kier alpha value is -4.41. The van der Waals surface area contributed by atoms with Crippen molar-refractivity contribution in [1.29, 1.82) is 0 Å². The minimum atomic E-state index is -4.66. The molecule has 1 saturated carbocycles. The van der Waals surface area contributed by atoms with Gasteiger partial charge in [-0.3, -0.25) is 0 Å². The number of allylic oxidation sites excluding steroid dienone is 1. The molecule has 0 unspecified atom stereocenters. The van der Waals surface area contributed by atoms with Gasteiger partial charge in [0.05, 0.1) is 0 Å². The molecule has 0 bridgehead atoms. The number of hydrogen-bond acceptors (Lipinski definition) is 2. The van der Waals surface area contributed by atoms with Gasteiger partial charge in [-0.25, -0.2) is 30.7 Å². The van der Waals surface area contributed by atoms with E-state index in [0.29, 0.717) is 36.2 Å². The summed E-state index contributed by atoms with van der Waals surface area (Å²) in [5, 5.41) is 0. The summed E-state index contributed by atoms with van der Waals surface area (Å²) < 4.78 is 139. The van der Waals surface area contributed by atoms with Crippen molar-refractivity contribution >= 4 is 0 Å². The van der Waals surface area contributed by atoms with E-state index in [4.69, 9.17) is 0 Å². The van der Waals surface area contributed by atoms with Crippen LogP contribution in [-0.4, -0.2) is 6.86 Å². The summed E-state index contributed by atoms with van der Waals surface area (Å²) in [5.41, 5.74) is -2.35. The first kappa shape index (κ1) is 33.9. The van der Waals surface area contributed by atoms with E-state index in [2.05, 4.69) is 16.1 Å². The van der Waals surface area contributed by atoms with Gasteiger partial charge in [-0.2, -0.15) is 8.78 Å². The Kier molecular flexibility index (Phi) is 10.2. The van der Waals surface area contributed by atoms with E-state index in [1.807, 2.05) is 6.08 Å². The number of halogens is 9. The zero-order chi connectivity index (χ0) is 33.9. The number of alkyl halides is 3. The Labute approximate surface area is 265 Å². The van der Waals surface area contributed by atoms with E-state index < -0.39 is 70.5 Å². The van der Waals surface area contributed by atoms with Crippen LogP contribution >= 0.6 is 0 Å². The Morgan fingerprint density at radius 1 is 0.702 bits per heavy atom. The molecule has 4 aromatic carbocycles. The Morgan fingerprint density at radius 3 is 1.79 bits per heavy atom. The van der Waals surface area contributed by atoms with E-state index in [-0.39, 0.29) is 22.6 Å². The predicted molar refractivity (Wildman–Crippen MR) is 159 cm³/mol. The maximum Gasteiger partial charge on any atom is 0.432 e. The van der Waals surface area contributed by atoms with Crippen molar-refractivity contribution in [1.82, 2.24) is 0 Å². The van der Waals surface area contributed by atoms with Crippen LogP contribution in [0.4, 0.5) is 39.5 Å². The molecule has 0 heterocycles. The summed E-state index contributed by atoms with van der Waals surface area (Å²) in [6.45, 7) is 2.23. The molecule has 11 heteroatoms. The second kappa shape index (κ2) is 14.1. The average Bonchev–Trinajstić information content (AvgIpc) is 3.01. The SMILES string of the molecule is C=CCCC1CCC(c2ccc(-c3cc(F)c(C(F)(F)Oc4ccc(-c5cc(F)c(OCF)c(F)c5)c(F)c4)c(F)c3)c(F)c2)CC1. The molecule has 0 radical (unpaired) electrons. The Balaban J connectivity index is 1.33.